The van der Waals surface area contributed by atoms with Gasteiger partial charge in [0, 0.05) is 28.7 Å². The average molecular weight is 252 g/mol. The van der Waals surface area contributed by atoms with Crippen LogP contribution in [0.25, 0.3) is 10.9 Å². The van der Waals surface area contributed by atoms with Gasteiger partial charge in [0.05, 0.1) is 0 Å². The normalized spacial score (nSPS) is 11.5. The van der Waals surface area contributed by atoms with Crippen molar-refractivity contribution in [2.75, 3.05) is 20.1 Å². The van der Waals surface area contributed by atoms with Gasteiger partial charge in [-0.05, 0) is 44.3 Å². The Balaban J connectivity index is 2.13. The van der Waals surface area contributed by atoms with Gasteiger partial charge in [0.1, 0.15) is 0 Å². The third-order valence-corrected chi connectivity index (χ3v) is 3.15. The highest BCUT2D eigenvalue weighted by molar-refractivity contribution is 6.31. The Hall–Kier alpha value is -1.03. The topological polar surface area (TPSA) is 45.0 Å². The first-order valence-electron chi connectivity index (χ1n) is 5.85. The lowest BCUT2D eigenvalue weighted by Crippen LogP contribution is -2.21. The second-order valence-corrected chi connectivity index (χ2v) is 4.82. The van der Waals surface area contributed by atoms with Gasteiger partial charge < -0.3 is 15.6 Å². The van der Waals surface area contributed by atoms with Crippen LogP contribution in [0.1, 0.15) is 12.0 Å². The van der Waals surface area contributed by atoms with Crippen molar-refractivity contribution in [2.24, 2.45) is 5.73 Å². The summed E-state index contributed by atoms with van der Waals surface area (Å²) in [6.45, 7) is 2.70. The Labute approximate surface area is 107 Å². The van der Waals surface area contributed by atoms with Crippen molar-refractivity contribution >= 4 is 22.5 Å². The summed E-state index contributed by atoms with van der Waals surface area (Å²) in [5, 5.41) is 2.01. The van der Waals surface area contributed by atoms with E-state index in [0.29, 0.717) is 0 Å². The fourth-order valence-electron chi connectivity index (χ4n) is 2.02. The van der Waals surface area contributed by atoms with E-state index in [1.54, 1.807) is 0 Å². The maximum atomic E-state index is 5.96. The summed E-state index contributed by atoms with van der Waals surface area (Å²) in [6, 6.07) is 5.96. The van der Waals surface area contributed by atoms with E-state index in [1.165, 1.54) is 10.9 Å². The van der Waals surface area contributed by atoms with Crippen LogP contribution in [0.15, 0.2) is 24.4 Å². The van der Waals surface area contributed by atoms with E-state index in [0.717, 1.165) is 36.6 Å². The maximum Gasteiger partial charge on any atom is 0.0472 e. The van der Waals surface area contributed by atoms with E-state index in [4.69, 9.17) is 17.3 Å². The average Bonchev–Trinajstić information content (AvgIpc) is 2.69. The van der Waals surface area contributed by atoms with Crippen LogP contribution in [0.4, 0.5) is 0 Å². The Morgan fingerprint density at radius 3 is 3.00 bits per heavy atom. The van der Waals surface area contributed by atoms with E-state index in [9.17, 15) is 0 Å². The van der Waals surface area contributed by atoms with E-state index in [2.05, 4.69) is 29.2 Å². The van der Waals surface area contributed by atoms with E-state index < -0.39 is 0 Å². The van der Waals surface area contributed by atoms with Gasteiger partial charge >= 0.3 is 0 Å². The van der Waals surface area contributed by atoms with E-state index in [1.807, 2.05) is 12.1 Å². The molecular weight excluding hydrogens is 234 g/mol. The minimum atomic E-state index is 0.744. The van der Waals surface area contributed by atoms with Crippen molar-refractivity contribution in [3.05, 3.63) is 35.0 Å². The molecule has 0 aliphatic carbocycles. The van der Waals surface area contributed by atoms with Gasteiger partial charge in [-0.2, -0.15) is 0 Å². The molecule has 1 heterocycles. The zero-order valence-electron chi connectivity index (χ0n) is 10.0. The minimum absolute atomic E-state index is 0.744. The molecule has 0 amide bonds. The number of nitrogens with one attached hydrogen (secondary N) is 1. The van der Waals surface area contributed by atoms with Crippen LogP contribution in [0, 0.1) is 0 Å². The molecule has 0 saturated heterocycles. The number of halogens is 1. The van der Waals surface area contributed by atoms with Crippen LogP contribution >= 0.6 is 11.6 Å². The highest BCUT2D eigenvalue weighted by Gasteiger charge is 2.06. The van der Waals surface area contributed by atoms with Crippen molar-refractivity contribution in [1.29, 1.82) is 0 Å². The van der Waals surface area contributed by atoms with Crippen LogP contribution in [-0.4, -0.2) is 30.0 Å². The summed E-state index contributed by atoms with van der Waals surface area (Å²) < 4.78 is 0. The van der Waals surface area contributed by atoms with Gasteiger partial charge in [-0.25, -0.2) is 0 Å². The minimum Gasteiger partial charge on any atom is -0.361 e. The molecule has 92 valence electrons. The molecule has 0 unspecified atom stereocenters. The predicted octanol–water partition coefficient (Wildman–Crippen LogP) is 2.60. The lowest BCUT2D eigenvalue weighted by Gasteiger charge is -2.15. The second kappa shape index (κ2) is 5.54. The first-order valence-corrected chi connectivity index (χ1v) is 6.22. The number of aromatic nitrogens is 1. The zero-order valence-corrected chi connectivity index (χ0v) is 10.8. The van der Waals surface area contributed by atoms with Crippen LogP contribution in [0.3, 0.4) is 0 Å². The fraction of sp³-hybridized carbons (Fsp3) is 0.385. The Kier molecular flexibility index (Phi) is 4.05. The lowest BCUT2D eigenvalue weighted by molar-refractivity contribution is 0.325. The molecule has 0 atom stereocenters. The Bertz CT molecular complexity index is 492. The number of nitrogens with two attached hydrogens (primary N) is 1. The summed E-state index contributed by atoms with van der Waals surface area (Å²) in [7, 11) is 2.12. The summed E-state index contributed by atoms with van der Waals surface area (Å²) in [5.41, 5.74) is 7.91. The molecule has 1 aromatic heterocycles. The van der Waals surface area contributed by atoms with Gasteiger partial charge in [-0.15, -0.1) is 0 Å². The van der Waals surface area contributed by atoms with Gasteiger partial charge in [-0.1, -0.05) is 17.7 Å². The summed E-state index contributed by atoms with van der Waals surface area (Å²) in [5.74, 6) is 0. The van der Waals surface area contributed by atoms with Crippen LogP contribution in [-0.2, 0) is 6.54 Å². The first kappa shape index (κ1) is 12.4. The molecule has 0 radical (unpaired) electrons. The van der Waals surface area contributed by atoms with Crippen LogP contribution < -0.4 is 5.73 Å². The standard InChI is InChI=1S/C13H18ClN3/c1-17(6-2-5-15)9-10-8-16-13-7-11(14)3-4-12(10)13/h3-4,7-8,16H,2,5-6,9,15H2,1H3. The van der Waals surface area contributed by atoms with Gasteiger partial charge in [0.15, 0.2) is 0 Å². The number of rotatable bonds is 5. The summed E-state index contributed by atoms with van der Waals surface area (Å²) >= 11 is 5.96. The molecule has 0 fully saturated rings. The third-order valence-electron chi connectivity index (χ3n) is 2.91. The van der Waals surface area contributed by atoms with Crippen molar-refractivity contribution in [1.82, 2.24) is 9.88 Å². The first-order chi connectivity index (χ1) is 8.20. The molecule has 2 rings (SSSR count). The second-order valence-electron chi connectivity index (χ2n) is 4.38. The molecule has 0 bridgehead atoms. The number of aromatic amines is 1. The summed E-state index contributed by atoms with van der Waals surface area (Å²) in [6.07, 6.45) is 3.09. The van der Waals surface area contributed by atoms with E-state index in [-0.39, 0.29) is 0 Å². The monoisotopic (exact) mass is 251 g/mol. The molecule has 0 aliphatic rings. The van der Waals surface area contributed by atoms with E-state index >= 15 is 0 Å². The van der Waals surface area contributed by atoms with Crippen molar-refractivity contribution < 1.29 is 0 Å². The molecule has 0 spiro atoms. The molecule has 2 aromatic rings. The highest BCUT2D eigenvalue weighted by atomic mass is 35.5. The number of benzene rings is 1. The number of hydrogen-bond acceptors (Lipinski definition) is 2. The largest absolute Gasteiger partial charge is 0.361 e. The molecule has 3 nitrogen and oxygen atoms in total. The molecule has 4 heteroatoms. The molecule has 0 aliphatic heterocycles. The number of nitrogens with zero attached hydrogens (tertiary/aromatic N) is 1. The summed E-state index contributed by atoms with van der Waals surface area (Å²) in [4.78, 5) is 5.54. The zero-order chi connectivity index (χ0) is 12.3. The quantitative estimate of drug-likeness (QED) is 0.858. The van der Waals surface area contributed by atoms with Crippen molar-refractivity contribution in [2.45, 2.75) is 13.0 Å². The third kappa shape index (κ3) is 3.00. The predicted molar refractivity (Wildman–Crippen MR) is 73.3 cm³/mol. The molecular formula is C13H18ClN3. The SMILES string of the molecule is CN(CCCN)Cc1c[nH]c2cc(Cl)ccc12. The Morgan fingerprint density at radius 2 is 2.24 bits per heavy atom. The van der Waals surface area contributed by atoms with Gasteiger partial charge in [0.25, 0.3) is 0 Å². The van der Waals surface area contributed by atoms with Crippen molar-refractivity contribution in [3.63, 3.8) is 0 Å². The number of fused-ring (bicyclic) bond motifs is 1. The van der Waals surface area contributed by atoms with Crippen LogP contribution in [0.5, 0.6) is 0 Å². The van der Waals surface area contributed by atoms with Gasteiger partial charge in [0.2, 0.25) is 0 Å². The molecule has 0 saturated carbocycles. The lowest BCUT2D eigenvalue weighted by atomic mass is 10.1. The Morgan fingerprint density at radius 1 is 1.41 bits per heavy atom. The van der Waals surface area contributed by atoms with Crippen molar-refractivity contribution in [3.8, 4) is 0 Å². The molecule has 3 N–H and O–H groups in total. The fourth-order valence-corrected chi connectivity index (χ4v) is 2.19. The highest BCUT2D eigenvalue weighted by Crippen LogP contribution is 2.22. The van der Waals surface area contributed by atoms with Crippen LogP contribution in [0.2, 0.25) is 5.02 Å². The number of hydrogen-bond donors (Lipinski definition) is 2. The molecule has 17 heavy (non-hydrogen) atoms. The number of H-pyrrole nitrogens is 1. The maximum absolute atomic E-state index is 5.96. The smallest absolute Gasteiger partial charge is 0.0472 e. The molecule has 1 aromatic carbocycles. The van der Waals surface area contributed by atoms with Gasteiger partial charge in [-0.3, -0.25) is 0 Å².